The predicted octanol–water partition coefficient (Wildman–Crippen LogP) is 5.20. The van der Waals surface area contributed by atoms with Gasteiger partial charge in [0.2, 0.25) is 5.91 Å². The van der Waals surface area contributed by atoms with Crippen LogP contribution in [-0.2, 0) is 4.79 Å². The number of carbonyl (C=O) groups is 1. The van der Waals surface area contributed by atoms with Gasteiger partial charge in [0.1, 0.15) is 11.6 Å². The molecule has 0 radical (unpaired) electrons. The van der Waals surface area contributed by atoms with Crippen LogP contribution in [0.15, 0.2) is 84.0 Å². The smallest absolute Gasteiger partial charge is 0.234 e. The zero-order valence-electron chi connectivity index (χ0n) is 17.4. The summed E-state index contributed by atoms with van der Waals surface area (Å²) in [7, 11) is 0. The number of benzene rings is 3. The molecule has 0 atom stereocenters. The number of hydrogen-bond donors (Lipinski definition) is 1. The van der Waals surface area contributed by atoms with Crippen molar-refractivity contribution in [3.05, 3.63) is 84.7 Å². The first kappa shape index (κ1) is 21.6. The molecule has 0 aliphatic carbocycles. The molecule has 162 valence electrons. The molecule has 0 saturated heterocycles. The molecule has 1 aromatic heterocycles. The number of amides is 1. The number of rotatable bonds is 8. The molecule has 0 unspecified atom stereocenters. The molecular weight excluding hydrogens is 427 g/mol. The molecule has 3 aromatic carbocycles. The molecule has 0 bridgehead atoms. The fourth-order valence-electron chi connectivity index (χ4n) is 3.12. The number of aromatic nitrogens is 3. The zero-order valence-corrected chi connectivity index (χ0v) is 18.2. The van der Waals surface area contributed by atoms with Crippen molar-refractivity contribution in [1.29, 1.82) is 0 Å². The molecule has 0 fully saturated rings. The van der Waals surface area contributed by atoms with Gasteiger partial charge in [-0.3, -0.25) is 9.36 Å². The number of thioether (sulfide) groups is 1. The van der Waals surface area contributed by atoms with E-state index in [0.717, 1.165) is 11.4 Å². The Kier molecular flexibility index (Phi) is 6.81. The third-order valence-corrected chi connectivity index (χ3v) is 5.47. The van der Waals surface area contributed by atoms with Gasteiger partial charge in [0.15, 0.2) is 11.0 Å². The molecule has 0 aliphatic rings. The minimum Gasteiger partial charge on any atom is -0.494 e. The van der Waals surface area contributed by atoms with E-state index in [9.17, 15) is 9.18 Å². The second-order valence-electron chi connectivity index (χ2n) is 6.75. The quantitative estimate of drug-likeness (QED) is 0.375. The van der Waals surface area contributed by atoms with Crippen LogP contribution in [0.2, 0.25) is 0 Å². The van der Waals surface area contributed by atoms with Crippen LogP contribution < -0.4 is 10.1 Å². The van der Waals surface area contributed by atoms with Gasteiger partial charge in [0, 0.05) is 11.4 Å². The van der Waals surface area contributed by atoms with E-state index < -0.39 is 0 Å². The lowest BCUT2D eigenvalue weighted by Crippen LogP contribution is -2.14. The number of para-hydroxylation sites is 1. The van der Waals surface area contributed by atoms with Crippen LogP contribution >= 0.6 is 11.8 Å². The molecule has 0 aliphatic heterocycles. The lowest BCUT2D eigenvalue weighted by Gasteiger charge is -2.11. The van der Waals surface area contributed by atoms with Gasteiger partial charge in [-0.1, -0.05) is 42.1 Å². The maximum Gasteiger partial charge on any atom is 0.234 e. The molecular formula is C24H21FN4O2S. The summed E-state index contributed by atoms with van der Waals surface area (Å²) in [6.07, 6.45) is 0. The number of anilines is 1. The van der Waals surface area contributed by atoms with Crippen LogP contribution in [0.4, 0.5) is 10.1 Å². The van der Waals surface area contributed by atoms with Gasteiger partial charge < -0.3 is 10.1 Å². The minimum atomic E-state index is -0.387. The molecule has 0 spiro atoms. The van der Waals surface area contributed by atoms with Crippen molar-refractivity contribution in [3.63, 3.8) is 0 Å². The van der Waals surface area contributed by atoms with E-state index in [4.69, 9.17) is 4.74 Å². The minimum absolute atomic E-state index is 0.120. The van der Waals surface area contributed by atoms with Crippen LogP contribution in [0.1, 0.15) is 6.92 Å². The van der Waals surface area contributed by atoms with Gasteiger partial charge in [0.25, 0.3) is 0 Å². The first-order chi connectivity index (χ1) is 15.7. The monoisotopic (exact) mass is 448 g/mol. The number of nitrogens with zero attached hydrogens (tertiary/aromatic N) is 3. The van der Waals surface area contributed by atoms with Gasteiger partial charge in [-0.2, -0.15) is 0 Å². The van der Waals surface area contributed by atoms with E-state index in [1.54, 1.807) is 47.0 Å². The van der Waals surface area contributed by atoms with Crippen molar-refractivity contribution in [1.82, 2.24) is 14.8 Å². The van der Waals surface area contributed by atoms with Crippen molar-refractivity contribution >= 4 is 23.4 Å². The maximum absolute atomic E-state index is 14.5. The highest BCUT2D eigenvalue weighted by Gasteiger charge is 2.19. The molecule has 0 saturated carbocycles. The molecule has 6 nitrogen and oxygen atoms in total. The average molecular weight is 449 g/mol. The van der Waals surface area contributed by atoms with Gasteiger partial charge in [-0.25, -0.2) is 4.39 Å². The third kappa shape index (κ3) is 4.97. The molecule has 32 heavy (non-hydrogen) atoms. The Hall–Kier alpha value is -3.65. The Morgan fingerprint density at radius 1 is 1.00 bits per heavy atom. The van der Waals surface area contributed by atoms with Crippen LogP contribution in [0.5, 0.6) is 5.75 Å². The number of nitrogens with one attached hydrogen (secondary N) is 1. The highest BCUT2D eigenvalue weighted by molar-refractivity contribution is 7.99. The van der Waals surface area contributed by atoms with E-state index in [-0.39, 0.29) is 17.5 Å². The number of ether oxygens (including phenoxy) is 1. The van der Waals surface area contributed by atoms with Gasteiger partial charge in [-0.05, 0) is 55.5 Å². The lowest BCUT2D eigenvalue weighted by atomic mass is 10.2. The van der Waals surface area contributed by atoms with Crippen molar-refractivity contribution in [2.75, 3.05) is 17.7 Å². The maximum atomic E-state index is 14.5. The molecule has 1 heterocycles. The number of hydrogen-bond acceptors (Lipinski definition) is 5. The first-order valence-electron chi connectivity index (χ1n) is 10.1. The standard InChI is InChI=1S/C24H21FN4O2S/c1-2-31-19-14-12-17(13-15-19)26-22(30)16-32-24-28-27-23(20-10-6-7-11-21(20)25)29(24)18-8-4-3-5-9-18/h3-15H,2,16H2,1H3,(H,26,30). The van der Waals surface area contributed by atoms with Crippen LogP contribution in [0.3, 0.4) is 0 Å². The van der Waals surface area contributed by atoms with E-state index in [0.29, 0.717) is 28.8 Å². The summed E-state index contributed by atoms with van der Waals surface area (Å²) in [5, 5.41) is 11.8. The Morgan fingerprint density at radius 2 is 1.72 bits per heavy atom. The zero-order chi connectivity index (χ0) is 22.3. The van der Waals surface area contributed by atoms with E-state index >= 15 is 0 Å². The number of carbonyl (C=O) groups excluding carboxylic acids is 1. The second kappa shape index (κ2) is 10.1. The summed E-state index contributed by atoms with van der Waals surface area (Å²) in [6, 6.07) is 23.0. The summed E-state index contributed by atoms with van der Waals surface area (Å²) in [5.74, 6) is 0.673. The lowest BCUT2D eigenvalue weighted by molar-refractivity contribution is -0.113. The largest absolute Gasteiger partial charge is 0.494 e. The number of halogens is 1. The fourth-order valence-corrected chi connectivity index (χ4v) is 3.87. The summed E-state index contributed by atoms with van der Waals surface area (Å²) in [6.45, 7) is 2.50. The second-order valence-corrected chi connectivity index (χ2v) is 7.69. The summed E-state index contributed by atoms with van der Waals surface area (Å²) in [5.41, 5.74) is 1.80. The van der Waals surface area contributed by atoms with Crippen LogP contribution in [0, 0.1) is 5.82 Å². The normalized spacial score (nSPS) is 10.7. The van der Waals surface area contributed by atoms with E-state index in [1.807, 2.05) is 37.3 Å². The van der Waals surface area contributed by atoms with Crippen molar-refractivity contribution < 1.29 is 13.9 Å². The van der Waals surface area contributed by atoms with Gasteiger partial charge in [0.05, 0.1) is 17.9 Å². The van der Waals surface area contributed by atoms with Crippen LogP contribution in [0.25, 0.3) is 17.1 Å². The average Bonchev–Trinajstić information content (AvgIpc) is 3.24. The predicted molar refractivity (Wildman–Crippen MR) is 124 cm³/mol. The Labute approximate surface area is 189 Å². The third-order valence-electron chi connectivity index (χ3n) is 4.54. The van der Waals surface area contributed by atoms with E-state index in [1.165, 1.54) is 17.8 Å². The highest BCUT2D eigenvalue weighted by Crippen LogP contribution is 2.29. The molecule has 4 rings (SSSR count). The first-order valence-corrected chi connectivity index (χ1v) is 11.1. The summed E-state index contributed by atoms with van der Waals surface area (Å²) >= 11 is 1.23. The van der Waals surface area contributed by atoms with E-state index in [2.05, 4.69) is 15.5 Å². The molecule has 1 N–H and O–H groups in total. The Bertz CT molecular complexity index is 1200. The molecule has 1 amide bonds. The van der Waals surface area contributed by atoms with Gasteiger partial charge >= 0.3 is 0 Å². The summed E-state index contributed by atoms with van der Waals surface area (Å²) < 4.78 is 21.6. The van der Waals surface area contributed by atoms with Crippen molar-refractivity contribution in [3.8, 4) is 22.8 Å². The molecule has 4 aromatic rings. The SMILES string of the molecule is CCOc1ccc(NC(=O)CSc2nnc(-c3ccccc3F)n2-c2ccccc2)cc1. The fraction of sp³-hybridized carbons (Fsp3) is 0.125. The molecule has 8 heteroatoms. The van der Waals surface area contributed by atoms with Gasteiger partial charge in [-0.15, -0.1) is 10.2 Å². The summed E-state index contributed by atoms with van der Waals surface area (Å²) in [4.78, 5) is 12.5. The van der Waals surface area contributed by atoms with Crippen molar-refractivity contribution in [2.45, 2.75) is 12.1 Å². The Morgan fingerprint density at radius 3 is 2.44 bits per heavy atom. The highest BCUT2D eigenvalue weighted by atomic mass is 32.2. The van der Waals surface area contributed by atoms with Crippen LogP contribution in [-0.4, -0.2) is 33.0 Å². The topological polar surface area (TPSA) is 69.0 Å². The Balaban J connectivity index is 1.53. The van der Waals surface area contributed by atoms with Crippen molar-refractivity contribution in [2.24, 2.45) is 0 Å².